The number of nitrogens with one attached hydrogen (secondary N) is 2. The molecule has 2 N–H and O–H groups in total. The van der Waals surface area contributed by atoms with Gasteiger partial charge in [-0.15, -0.1) is 0 Å². The number of benzene rings is 2. The molecule has 1 aromatic heterocycles. The van der Waals surface area contributed by atoms with Crippen LogP contribution in [0.25, 0.3) is 0 Å². The molecule has 24 heavy (non-hydrogen) atoms. The van der Waals surface area contributed by atoms with Crippen LogP contribution in [0.2, 0.25) is 0 Å². The third-order valence-corrected chi connectivity index (χ3v) is 3.73. The average Bonchev–Trinajstić information content (AvgIpc) is 2.57. The molecule has 0 amide bonds. The van der Waals surface area contributed by atoms with Gasteiger partial charge in [-0.3, -0.25) is 0 Å². The molecule has 0 unspecified atom stereocenters. The van der Waals surface area contributed by atoms with Gasteiger partial charge < -0.3 is 10.6 Å². The zero-order valence-electron chi connectivity index (χ0n) is 13.7. The smallest absolute Gasteiger partial charge is 0.229 e. The molecule has 0 atom stereocenters. The molecule has 0 radical (unpaired) electrons. The van der Waals surface area contributed by atoms with E-state index in [-0.39, 0.29) is 5.82 Å². The van der Waals surface area contributed by atoms with Crippen LogP contribution >= 0.6 is 0 Å². The molecule has 0 aliphatic rings. The minimum atomic E-state index is -0.304. The van der Waals surface area contributed by atoms with Crippen LogP contribution in [0, 0.1) is 12.7 Å². The minimum absolute atomic E-state index is 0.304. The summed E-state index contributed by atoms with van der Waals surface area (Å²) in [5.41, 5.74) is 4.06. The Bertz CT molecular complexity index is 848. The van der Waals surface area contributed by atoms with Gasteiger partial charge in [0.25, 0.3) is 0 Å². The van der Waals surface area contributed by atoms with E-state index in [4.69, 9.17) is 0 Å². The van der Waals surface area contributed by atoms with Gasteiger partial charge in [-0.2, -0.15) is 4.98 Å². The molecule has 5 heteroatoms. The fourth-order valence-electron chi connectivity index (χ4n) is 2.51. The summed E-state index contributed by atoms with van der Waals surface area (Å²) in [5, 5.41) is 6.38. The molecule has 3 aromatic rings. The largest absolute Gasteiger partial charge is 0.340 e. The van der Waals surface area contributed by atoms with E-state index in [1.165, 1.54) is 17.7 Å². The number of halogens is 1. The predicted molar refractivity (Wildman–Crippen MR) is 95.6 cm³/mol. The quantitative estimate of drug-likeness (QED) is 0.696. The molecular formula is C19H19FN4. The summed E-state index contributed by atoms with van der Waals surface area (Å²) in [6.07, 6.45) is 2.60. The number of aromatic nitrogens is 2. The maximum absolute atomic E-state index is 13.3. The number of anilines is 4. The lowest BCUT2D eigenvalue weighted by atomic mass is 10.1. The van der Waals surface area contributed by atoms with Crippen LogP contribution in [0.4, 0.5) is 27.5 Å². The SMILES string of the molecule is CCc1cccc(C)c1Nc1ccnc(Nc2cccc(F)c2)n1. The van der Waals surface area contributed by atoms with Crippen molar-refractivity contribution in [3.8, 4) is 0 Å². The summed E-state index contributed by atoms with van der Waals surface area (Å²) < 4.78 is 13.3. The van der Waals surface area contributed by atoms with Crippen molar-refractivity contribution in [2.24, 2.45) is 0 Å². The molecule has 1 heterocycles. The Morgan fingerprint density at radius 2 is 1.88 bits per heavy atom. The van der Waals surface area contributed by atoms with Crippen molar-refractivity contribution in [2.45, 2.75) is 20.3 Å². The fraction of sp³-hybridized carbons (Fsp3) is 0.158. The van der Waals surface area contributed by atoms with Crippen molar-refractivity contribution in [2.75, 3.05) is 10.6 Å². The highest BCUT2D eigenvalue weighted by atomic mass is 19.1. The molecule has 0 saturated carbocycles. The van der Waals surface area contributed by atoms with Crippen molar-refractivity contribution >= 4 is 23.1 Å². The first kappa shape index (κ1) is 15.9. The van der Waals surface area contributed by atoms with Crippen molar-refractivity contribution in [1.29, 1.82) is 0 Å². The van der Waals surface area contributed by atoms with Crippen LogP contribution in [0.3, 0.4) is 0 Å². The fourth-order valence-corrected chi connectivity index (χ4v) is 2.51. The monoisotopic (exact) mass is 322 g/mol. The summed E-state index contributed by atoms with van der Waals surface area (Å²) in [5.74, 6) is 0.798. The van der Waals surface area contributed by atoms with Gasteiger partial charge in [0, 0.05) is 17.6 Å². The van der Waals surface area contributed by atoms with Crippen LogP contribution in [-0.4, -0.2) is 9.97 Å². The summed E-state index contributed by atoms with van der Waals surface area (Å²) in [6.45, 7) is 4.19. The molecule has 0 bridgehead atoms. The maximum atomic E-state index is 13.3. The molecular weight excluding hydrogens is 303 g/mol. The van der Waals surface area contributed by atoms with Gasteiger partial charge in [-0.1, -0.05) is 31.2 Å². The van der Waals surface area contributed by atoms with Crippen LogP contribution < -0.4 is 10.6 Å². The van der Waals surface area contributed by atoms with E-state index in [1.54, 1.807) is 18.3 Å². The zero-order chi connectivity index (χ0) is 16.9. The lowest BCUT2D eigenvalue weighted by molar-refractivity contribution is 0.628. The first-order valence-electron chi connectivity index (χ1n) is 7.87. The topological polar surface area (TPSA) is 49.8 Å². The highest BCUT2D eigenvalue weighted by Gasteiger charge is 2.06. The van der Waals surface area contributed by atoms with Crippen molar-refractivity contribution in [1.82, 2.24) is 9.97 Å². The molecule has 0 aliphatic carbocycles. The standard InChI is InChI=1S/C19H19FN4/c1-3-14-7-4-6-13(2)18(14)23-17-10-11-21-19(24-17)22-16-9-5-8-15(20)12-16/h4-12H,3H2,1-2H3,(H2,21,22,23,24). The van der Waals surface area contributed by atoms with Gasteiger partial charge in [-0.25, -0.2) is 9.37 Å². The third-order valence-electron chi connectivity index (χ3n) is 3.73. The normalized spacial score (nSPS) is 10.5. The molecule has 2 aromatic carbocycles. The number of rotatable bonds is 5. The first-order valence-corrected chi connectivity index (χ1v) is 7.87. The van der Waals surface area contributed by atoms with Gasteiger partial charge in [0.05, 0.1) is 0 Å². The zero-order valence-corrected chi connectivity index (χ0v) is 13.7. The molecule has 0 saturated heterocycles. The summed E-state index contributed by atoms with van der Waals surface area (Å²) in [6, 6.07) is 14.2. The molecule has 0 spiro atoms. The Hall–Kier alpha value is -2.95. The molecule has 4 nitrogen and oxygen atoms in total. The van der Waals surface area contributed by atoms with Crippen LogP contribution in [0.1, 0.15) is 18.1 Å². The second-order valence-electron chi connectivity index (χ2n) is 5.49. The Labute approximate surface area is 140 Å². The van der Waals surface area contributed by atoms with E-state index in [1.807, 2.05) is 6.07 Å². The second kappa shape index (κ2) is 7.08. The predicted octanol–water partition coefficient (Wildman–Crippen LogP) is 4.97. The third kappa shape index (κ3) is 3.68. The van der Waals surface area contributed by atoms with E-state index in [9.17, 15) is 4.39 Å². The van der Waals surface area contributed by atoms with Gasteiger partial charge in [0.15, 0.2) is 0 Å². The summed E-state index contributed by atoms with van der Waals surface area (Å²) >= 11 is 0. The molecule has 0 fully saturated rings. The average molecular weight is 322 g/mol. The number of aryl methyl sites for hydroxylation is 2. The molecule has 3 rings (SSSR count). The Kier molecular flexibility index (Phi) is 4.70. The lowest BCUT2D eigenvalue weighted by Gasteiger charge is -2.14. The maximum Gasteiger partial charge on any atom is 0.229 e. The van der Waals surface area contributed by atoms with E-state index in [0.29, 0.717) is 17.5 Å². The number of para-hydroxylation sites is 1. The van der Waals surface area contributed by atoms with Crippen molar-refractivity contribution < 1.29 is 4.39 Å². The van der Waals surface area contributed by atoms with E-state index < -0.39 is 0 Å². The molecule has 122 valence electrons. The van der Waals surface area contributed by atoms with Crippen molar-refractivity contribution in [3.63, 3.8) is 0 Å². The van der Waals surface area contributed by atoms with Gasteiger partial charge in [-0.05, 0) is 48.7 Å². The number of hydrogen-bond acceptors (Lipinski definition) is 4. The van der Waals surface area contributed by atoms with E-state index >= 15 is 0 Å². The highest BCUT2D eigenvalue weighted by molar-refractivity contribution is 5.65. The Morgan fingerprint density at radius 1 is 1.04 bits per heavy atom. The van der Waals surface area contributed by atoms with Crippen LogP contribution in [0.5, 0.6) is 0 Å². The Morgan fingerprint density at radius 3 is 2.67 bits per heavy atom. The lowest BCUT2D eigenvalue weighted by Crippen LogP contribution is -2.03. The van der Waals surface area contributed by atoms with Crippen LogP contribution in [0.15, 0.2) is 54.7 Å². The van der Waals surface area contributed by atoms with Gasteiger partial charge in [0.2, 0.25) is 5.95 Å². The summed E-state index contributed by atoms with van der Waals surface area (Å²) in [4.78, 5) is 8.64. The number of nitrogens with zero attached hydrogens (tertiary/aromatic N) is 2. The number of hydrogen-bond donors (Lipinski definition) is 2. The highest BCUT2D eigenvalue weighted by Crippen LogP contribution is 2.25. The van der Waals surface area contributed by atoms with Crippen LogP contribution in [-0.2, 0) is 6.42 Å². The van der Waals surface area contributed by atoms with E-state index in [0.717, 1.165) is 17.7 Å². The first-order chi connectivity index (χ1) is 11.7. The van der Waals surface area contributed by atoms with Gasteiger partial charge in [0.1, 0.15) is 11.6 Å². The molecule has 0 aliphatic heterocycles. The minimum Gasteiger partial charge on any atom is -0.340 e. The second-order valence-corrected chi connectivity index (χ2v) is 5.49. The van der Waals surface area contributed by atoms with E-state index in [2.05, 4.69) is 52.6 Å². The Balaban J connectivity index is 1.84. The summed E-state index contributed by atoms with van der Waals surface area (Å²) in [7, 11) is 0. The van der Waals surface area contributed by atoms with Crippen molar-refractivity contribution in [3.05, 3.63) is 71.7 Å². The van der Waals surface area contributed by atoms with Gasteiger partial charge >= 0.3 is 0 Å².